The number of nitrogens with zero attached hydrogens (tertiary/aromatic N) is 2. The van der Waals surface area contributed by atoms with Gasteiger partial charge in [0.2, 0.25) is 0 Å². The molecule has 2 aromatic rings. The lowest BCUT2D eigenvalue weighted by Gasteiger charge is -2.35. The summed E-state index contributed by atoms with van der Waals surface area (Å²) < 4.78 is 9.95. The second kappa shape index (κ2) is 10.2. The van der Waals surface area contributed by atoms with E-state index in [1.54, 1.807) is 43.5 Å². The van der Waals surface area contributed by atoms with Crippen molar-refractivity contribution in [2.45, 2.75) is 0 Å². The Kier molecular flexibility index (Phi) is 7.43. The van der Waals surface area contributed by atoms with E-state index in [9.17, 15) is 9.59 Å². The Bertz CT molecular complexity index is 956. The number of amides is 1. The fourth-order valence-corrected chi connectivity index (χ4v) is 3.48. The van der Waals surface area contributed by atoms with Gasteiger partial charge in [0.1, 0.15) is 5.75 Å². The molecule has 0 aromatic heterocycles. The number of piperazine rings is 1. The third kappa shape index (κ3) is 5.71. The number of anilines is 2. The molecule has 8 nitrogen and oxygen atoms in total. The Hall–Kier alpha value is -3.17. The summed E-state index contributed by atoms with van der Waals surface area (Å²) in [6, 6.07) is 12.0. The summed E-state index contributed by atoms with van der Waals surface area (Å²) in [5.41, 5.74) is 2.38. The highest BCUT2D eigenvalue weighted by Gasteiger charge is 2.20. The minimum Gasteiger partial charge on any atom is -0.497 e. The van der Waals surface area contributed by atoms with Crippen molar-refractivity contribution in [2.75, 3.05) is 57.7 Å². The van der Waals surface area contributed by atoms with Gasteiger partial charge in [0.15, 0.2) is 5.11 Å². The number of methoxy groups -OCH3 is 2. The van der Waals surface area contributed by atoms with E-state index in [2.05, 4.69) is 27.5 Å². The van der Waals surface area contributed by atoms with E-state index in [4.69, 9.17) is 21.7 Å². The molecule has 1 aliphatic rings. The molecule has 164 valence electrons. The van der Waals surface area contributed by atoms with E-state index >= 15 is 0 Å². The molecular weight excluding hydrogens is 416 g/mol. The number of esters is 1. The fourth-order valence-electron chi connectivity index (χ4n) is 3.28. The van der Waals surface area contributed by atoms with Gasteiger partial charge in [-0.1, -0.05) is 0 Å². The summed E-state index contributed by atoms with van der Waals surface area (Å²) in [5.74, 6) is -0.125. The van der Waals surface area contributed by atoms with Crippen LogP contribution in [0.1, 0.15) is 20.7 Å². The van der Waals surface area contributed by atoms with Crippen LogP contribution in [0.15, 0.2) is 42.5 Å². The lowest BCUT2D eigenvalue weighted by molar-refractivity contribution is 0.0600. The Morgan fingerprint density at radius 2 is 1.61 bits per heavy atom. The van der Waals surface area contributed by atoms with E-state index in [1.165, 1.54) is 7.11 Å². The molecule has 3 rings (SSSR count). The summed E-state index contributed by atoms with van der Waals surface area (Å²) >= 11 is 5.37. The lowest BCUT2D eigenvalue weighted by Crippen LogP contribution is -2.45. The Morgan fingerprint density at radius 3 is 2.23 bits per heavy atom. The molecule has 0 unspecified atom stereocenters. The fraction of sp³-hybridized carbons (Fsp3) is 0.318. The van der Waals surface area contributed by atoms with Gasteiger partial charge in [-0.2, -0.15) is 0 Å². The van der Waals surface area contributed by atoms with Gasteiger partial charge >= 0.3 is 5.97 Å². The van der Waals surface area contributed by atoms with Gasteiger partial charge in [0.05, 0.1) is 31.2 Å². The van der Waals surface area contributed by atoms with E-state index in [0.29, 0.717) is 22.6 Å². The molecule has 1 amide bonds. The van der Waals surface area contributed by atoms with E-state index in [1.807, 2.05) is 6.07 Å². The van der Waals surface area contributed by atoms with Gasteiger partial charge in [-0.05, 0) is 61.7 Å². The van der Waals surface area contributed by atoms with Crippen LogP contribution < -0.4 is 20.3 Å². The molecule has 0 bridgehead atoms. The summed E-state index contributed by atoms with van der Waals surface area (Å²) in [6.07, 6.45) is 0. The third-order valence-corrected chi connectivity index (χ3v) is 5.29. The monoisotopic (exact) mass is 442 g/mol. The topological polar surface area (TPSA) is 83.1 Å². The van der Waals surface area contributed by atoms with Crippen molar-refractivity contribution in [3.63, 3.8) is 0 Å². The smallest absolute Gasteiger partial charge is 0.337 e. The molecule has 0 atom stereocenters. The zero-order valence-corrected chi connectivity index (χ0v) is 18.6. The minimum absolute atomic E-state index is 0.137. The first kappa shape index (κ1) is 22.5. The van der Waals surface area contributed by atoms with Gasteiger partial charge in [0, 0.05) is 31.7 Å². The molecular formula is C22H26N4O4S. The zero-order valence-electron chi connectivity index (χ0n) is 17.8. The highest BCUT2D eigenvalue weighted by atomic mass is 32.1. The average molecular weight is 443 g/mol. The van der Waals surface area contributed by atoms with Crippen molar-refractivity contribution < 1.29 is 19.1 Å². The molecule has 1 aliphatic heterocycles. The normalized spacial score (nSPS) is 14.0. The highest BCUT2D eigenvalue weighted by molar-refractivity contribution is 7.80. The van der Waals surface area contributed by atoms with Crippen LogP contribution in [0.3, 0.4) is 0 Å². The van der Waals surface area contributed by atoms with E-state index in [0.717, 1.165) is 31.9 Å². The first-order valence-electron chi connectivity index (χ1n) is 9.83. The predicted octanol–water partition coefficient (Wildman–Crippen LogP) is 2.36. The number of hydrogen-bond donors (Lipinski definition) is 2. The maximum absolute atomic E-state index is 12.5. The van der Waals surface area contributed by atoms with Gasteiger partial charge in [0.25, 0.3) is 5.91 Å². The number of benzene rings is 2. The Labute approximate surface area is 187 Å². The molecule has 31 heavy (non-hydrogen) atoms. The maximum Gasteiger partial charge on any atom is 0.337 e. The molecule has 1 heterocycles. The summed E-state index contributed by atoms with van der Waals surface area (Å²) in [5, 5.41) is 5.89. The maximum atomic E-state index is 12.5. The van der Waals surface area contributed by atoms with Crippen LogP contribution in [-0.4, -0.2) is 69.3 Å². The molecule has 1 saturated heterocycles. The molecule has 0 aliphatic carbocycles. The largest absolute Gasteiger partial charge is 0.497 e. The van der Waals surface area contributed by atoms with Crippen molar-refractivity contribution >= 4 is 40.6 Å². The Balaban J connectivity index is 1.77. The standard InChI is InChI=1S/C22H26N4O4S/c1-25-10-12-26(13-11-25)19-9-6-16(21(28)30-3)14-18(19)23-22(31)24-20(27)15-4-7-17(29-2)8-5-15/h4-9,14H,10-13H2,1-3H3,(H2,23,24,27,31). The van der Waals surface area contributed by atoms with Crippen LogP contribution in [0.4, 0.5) is 11.4 Å². The van der Waals surface area contributed by atoms with Crippen LogP contribution in [0.25, 0.3) is 0 Å². The van der Waals surface area contributed by atoms with Crippen molar-refractivity contribution in [1.82, 2.24) is 10.2 Å². The first-order chi connectivity index (χ1) is 14.9. The zero-order chi connectivity index (χ0) is 22.4. The van der Waals surface area contributed by atoms with Crippen LogP contribution in [0, 0.1) is 0 Å². The summed E-state index contributed by atoms with van der Waals surface area (Å²) in [4.78, 5) is 29.0. The number of thiocarbonyl (C=S) groups is 1. The number of nitrogens with one attached hydrogen (secondary N) is 2. The Morgan fingerprint density at radius 1 is 0.968 bits per heavy atom. The SMILES string of the molecule is COC(=O)c1ccc(N2CCN(C)CC2)c(NC(=S)NC(=O)c2ccc(OC)cc2)c1. The molecule has 2 aromatic carbocycles. The van der Waals surface area contributed by atoms with Gasteiger partial charge in [-0.15, -0.1) is 0 Å². The second-order valence-electron chi connectivity index (χ2n) is 7.15. The average Bonchev–Trinajstić information content (AvgIpc) is 2.79. The van der Waals surface area contributed by atoms with Crippen LogP contribution in [0.2, 0.25) is 0 Å². The number of carbonyl (C=O) groups is 2. The summed E-state index contributed by atoms with van der Waals surface area (Å²) in [7, 11) is 4.98. The third-order valence-electron chi connectivity index (χ3n) is 5.09. The first-order valence-corrected chi connectivity index (χ1v) is 10.2. The number of hydrogen-bond acceptors (Lipinski definition) is 7. The molecule has 0 spiro atoms. The molecule has 0 radical (unpaired) electrons. The molecule has 1 fully saturated rings. The number of ether oxygens (including phenoxy) is 2. The van der Waals surface area contributed by atoms with Crippen LogP contribution >= 0.6 is 12.2 Å². The number of rotatable bonds is 5. The van der Waals surface area contributed by atoms with E-state index < -0.39 is 5.97 Å². The van der Waals surface area contributed by atoms with Gasteiger partial charge < -0.3 is 24.6 Å². The van der Waals surface area contributed by atoms with Crippen molar-refractivity contribution in [1.29, 1.82) is 0 Å². The molecule has 9 heteroatoms. The minimum atomic E-state index is -0.443. The van der Waals surface area contributed by atoms with Crippen molar-refractivity contribution in [3.8, 4) is 5.75 Å². The summed E-state index contributed by atoms with van der Waals surface area (Å²) in [6.45, 7) is 3.54. The van der Waals surface area contributed by atoms with Crippen LogP contribution in [0.5, 0.6) is 5.75 Å². The highest BCUT2D eigenvalue weighted by Crippen LogP contribution is 2.28. The lowest BCUT2D eigenvalue weighted by atomic mass is 10.1. The van der Waals surface area contributed by atoms with Gasteiger partial charge in [-0.25, -0.2) is 4.79 Å². The van der Waals surface area contributed by atoms with Crippen LogP contribution in [-0.2, 0) is 4.74 Å². The quantitative estimate of drug-likeness (QED) is 0.540. The predicted molar refractivity (Wildman–Crippen MR) is 124 cm³/mol. The van der Waals surface area contributed by atoms with E-state index in [-0.39, 0.29) is 11.0 Å². The second-order valence-corrected chi connectivity index (χ2v) is 7.56. The molecule has 0 saturated carbocycles. The number of likely N-dealkylation sites (N-methyl/N-ethyl adjacent to an activating group) is 1. The van der Waals surface area contributed by atoms with Crippen molar-refractivity contribution in [2.24, 2.45) is 0 Å². The number of carbonyl (C=O) groups excluding carboxylic acids is 2. The van der Waals surface area contributed by atoms with Crippen molar-refractivity contribution in [3.05, 3.63) is 53.6 Å². The molecule has 2 N–H and O–H groups in total. The van der Waals surface area contributed by atoms with Gasteiger partial charge in [-0.3, -0.25) is 10.1 Å².